The molecule has 25 heavy (non-hydrogen) atoms. The number of ether oxygens (including phenoxy) is 2. The third-order valence-electron chi connectivity index (χ3n) is 4.87. The molecule has 0 aromatic carbocycles. The molecule has 1 N–H and O–H groups in total. The number of halogens is 1. The van der Waals surface area contributed by atoms with E-state index in [-0.39, 0.29) is 22.8 Å². The Labute approximate surface area is 160 Å². The van der Waals surface area contributed by atoms with Crippen molar-refractivity contribution in [3.63, 3.8) is 0 Å². The second-order valence-electron chi connectivity index (χ2n) is 7.44. The minimum Gasteiger partial charge on any atom is -0.469 e. The van der Waals surface area contributed by atoms with Crippen molar-refractivity contribution in [2.45, 2.75) is 75.8 Å². The van der Waals surface area contributed by atoms with Crippen molar-refractivity contribution in [2.75, 3.05) is 14.2 Å². The van der Waals surface area contributed by atoms with E-state index in [1.54, 1.807) is 7.11 Å². The molecule has 1 aliphatic carbocycles. The lowest BCUT2D eigenvalue weighted by atomic mass is 9.85. The van der Waals surface area contributed by atoms with Crippen molar-refractivity contribution >= 4 is 21.9 Å². The van der Waals surface area contributed by atoms with Crippen LogP contribution in [0.3, 0.4) is 0 Å². The highest BCUT2D eigenvalue weighted by molar-refractivity contribution is 9.09. The molecular formula is C20H33BrO4. The van der Waals surface area contributed by atoms with Crippen molar-refractivity contribution in [2.24, 2.45) is 5.92 Å². The van der Waals surface area contributed by atoms with Crippen molar-refractivity contribution in [3.8, 4) is 0 Å². The fraction of sp³-hybridized carbons (Fsp3) is 0.750. The SMILES string of the molecule is COC(=O)C1CCC(CC/C=C(\C)CCC(Br)C(C)(C)O)=CC1OC. The Bertz CT molecular complexity index is 490. The molecule has 3 unspecified atom stereocenters. The Morgan fingerprint density at radius 1 is 1.48 bits per heavy atom. The maximum Gasteiger partial charge on any atom is 0.311 e. The van der Waals surface area contributed by atoms with Crippen LogP contribution in [0.4, 0.5) is 0 Å². The van der Waals surface area contributed by atoms with Gasteiger partial charge < -0.3 is 14.6 Å². The molecule has 0 amide bonds. The maximum absolute atomic E-state index is 11.8. The summed E-state index contributed by atoms with van der Waals surface area (Å²) >= 11 is 3.56. The van der Waals surface area contributed by atoms with Gasteiger partial charge in [0.15, 0.2) is 0 Å². The zero-order valence-electron chi connectivity index (χ0n) is 16.2. The highest BCUT2D eigenvalue weighted by atomic mass is 79.9. The molecule has 0 spiro atoms. The van der Waals surface area contributed by atoms with Crippen LogP contribution < -0.4 is 0 Å². The molecule has 0 bridgehead atoms. The first-order valence-corrected chi connectivity index (χ1v) is 9.92. The molecule has 4 nitrogen and oxygen atoms in total. The van der Waals surface area contributed by atoms with Gasteiger partial charge in [0, 0.05) is 11.9 Å². The Balaban J connectivity index is 2.47. The minimum absolute atomic E-state index is 0.0992. The van der Waals surface area contributed by atoms with Crippen LogP contribution in [0.2, 0.25) is 0 Å². The summed E-state index contributed by atoms with van der Waals surface area (Å²) in [4.78, 5) is 11.9. The smallest absolute Gasteiger partial charge is 0.311 e. The molecular weight excluding hydrogens is 384 g/mol. The predicted molar refractivity (Wildman–Crippen MR) is 105 cm³/mol. The zero-order valence-corrected chi connectivity index (χ0v) is 17.8. The van der Waals surface area contributed by atoms with Gasteiger partial charge in [-0.15, -0.1) is 0 Å². The molecule has 0 saturated carbocycles. The zero-order chi connectivity index (χ0) is 19.0. The van der Waals surface area contributed by atoms with Crippen molar-refractivity contribution in [1.82, 2.24) is 0 Å². The van der Waals surface area contributed by atoms with Crippen LogP contribution in [0, 0.1) is 5.92 Å². The van der Waals surface area contributed by atoms with Crippen molar-refractivity contribution < 1.29 is 19.4 Å². The van der Waals surface area contributed by atoms with Gasteiger partial charge in [-0.2, -0.15) is 0 Å². The molecule has 5 heteroatoms. The number of rotatable bonds is 9. The molecule has 0 fully saturated rings. The van der Waals surface area contributed by atoms with Crippen LogP contribution in [-0.2, 0) is 14.3 Å². The average molecular weight is 417 g/mol. The average Bonchev–Trinajstić information content (AvgIpc) is 2.57. The summed E-state index contributed by atoms with van der Waals surface area (Å²) in [6, 6.07) is 0. The number of hydrogen-bond acceptors (Lipinski definition) is 4. The van der Waals surface area contributed by atoms with Crippen molar-refractivity contribution in [1.29, 1.82) is 0 Å². The molecule has 0 heterocycles. The van der Waals surface area contributed by atoms with E-state index < -0.39 is 5.60 Å². The highest BCUT2D eigenvalue weighted by Gasteiger charge is 2.31. The number of carbonyl (C=O) groups is 1. The van der Waals surface area contributed by atoms with E-state index in [4.69, 9.17) is 9.47 Å². The molecule has 144 valence electrons. The number of hydrogen-bond donors (Lipinski definition) is 1. The first kappa shape index (κ1) is 22.4. The van der Waals surface area contributed by atoms with E-state index >= 15 is 0 Å². The van der Waals surface area contributed by atoms with Crippen LogP contribution in [0.15, 0.2) is 23.3 Å². The van der Waals surface area contributed by atoms with E-state index in [9.17, 15) is 9.90 Å². The molecule has 0 saturated heterocycles. The molecule has 1 rings (SSSR count). The summed E-state index contributed by atoms with van der Waals surface area (Å²) in [5, 5.41) is 9.95. The van der Waals surface area contributed by atoms with Crippen molar-refractivity contribution in [3.05, 3.63) is 23.3 Å². The molecule has 0 aromatic heterocycles. The molecule has 3 atom stereocenters. The van der Waals surface area contributed by atoms with Gasteiger partial charge in [-0.1, -0.05) is 39.2 Å². The minimum atomic E-state index is -0.696. The van der Waals surface area contributed by atoms with Crippen LogP contribution in [-0.4, -0.2) is 41.8 Å². The van der Waals surface area contributed by atoms with E-state index in [0.717, 1.165) is 38.5 Å². The van der Waals surface area contributed by atoms with Crippen LogP contribution in [0.25, 0.3) is 0 Å². The molecule has 0 radical (unpaired) electrons. The predicted octanol–water partition coefficient (Wildman–Crippen LogP) is 4.55. The number of aliphatic hydroxyl groups is 1. The number of esters is 1. The standard InChI is InChI=1S/C20H33BrO4/c1-14(9-12-18(21)20(2,3)23)7-6-8-15-10-11-16(19(22)25-5)17(13-15)24-4/h7,13,16-18,23H,6,8-12H2,1-5H3/b14-7+. The van der Waals surface area contributed by atoms with Gasteiger partial charge in [0.1, 0.15) is 0 Å². The van der Waals surface area contributed by atoms with Crippen LogP contribution in [0.5, 0.6) is 0 Å². The van der Waals surface area contributed by atoms with Gasteiger partial charge in [0.05, 0.1) is 24.7 Å². The summed E-state index contributed by atoms with van der Waals surface area (Å²) in [7, 11) is 3.07. The summed E-state index contributed by atoms with van der Waals surface area (Å²) in [6.07, 6.45) is 9.79. The lowest BCUT2D eigenvalue weighted by Crippen LogP contribution is -2.32. The van der Waals surface area contributed by atoms with Crippen LogP contribution in [0.1, 0.15) is 59.3 Å². The van der Waals surface area contributed by atoms with Gasteiger partial charge in [-0.05, 0) is 59.3 Å². The van der Waals surface area contributed by atoms with Gasteiger partial charge in [0.25, 0.3) is 0 Å². The summed E-state index contributed by atoms with van der Waals surface area (Å²) in [5.41, 5.74) is 2.00. The van der Waals surface area contributed by atoms with Gasteiger partial charge in [-0.3, -0.25) is 4.79 Å². The number of carbonyl (C=O) groups excluding carboxylic acids is 1. The maximum atomic E-state index is 11.8. The Morgan fingerprint density at radius 2 is 2.16 bits per heavy atom. The largest absolute Gasteiger partial charge is 0.469 e. The third-order valence-corrected chi connectivity index (χ3v) is 6.44. The summed E-state index contributed by atoms with van der Waals surface area (Å²) in [6.45, 7) is 5.80. The van der Waals surface area contributed by atoms with Gasteiger partial charge in [0.2, 0.25) is 0 Å². The van der Waals surface area contributed by atoms with Crippen LogP contribution >= 0.6 is 15.9 Å². The fourth-order valence-electron chi connectivity index (χ4n) is 3.09. The van der Waals surface area contributed by atoms with Gasteiger partial charge in [-0.25, -0.2) is 0 Å². The monoisotopic (exact) mass is 416 g/mol. The fourth-order valence-corrected chi connectivity index (χ4v) is 3.32. The van der Waals surface area contributed by atoms with E-state index in [1.165, 1.54) is 18.3 Å². The lowest BCUT2D eigenvalue weighted by Gasteiger charge is -2.27. The Kier molecular flexibility index (Phi) is 9.39. The Morgan fingerprint density at radius 3 is 2.72 bits per heavy atom. The second-order valence-corrected chi connectivity index (χ2v) is 8.55. The first-order valence-electron chi connectivity index (χ1n) is 9.01. The molecule has 1 aliphatic rings. The second kappa shape index (κ2) is 10.5. The van der Waals surface area contributed by atoms with E-state index in [1.807, 2.05) is 13.8 Å². The third kappa shape index (κ3) is 7.63. The number of alkyl halides is 1. The quantitative estimate of drug-likeness (QED) is 0.340. The lowest BCUT2D eigenvalue weighted by molar-refractivity contribution is -0.149. The van der Waals surface area contributed by atoms with E-state index in [0.29, 0.717) is 0 Å². The highest BCUT2D eigenvalue weighted by Crippen LogP contribution is 2.29. The first-order chi connectivity index (χ1) is 11.7. The molecule has 0 aromatic rings. The summed E-state index contributed by atoms with van der Waals surface area (Å²) < 4.78 is 10.3. The molecule has 0 aliphatic heterocycles. The normalized spacial score (nSPS) is 23.2. The van der Waals surface area contributed by atoms with Gasteiger partial charge >= 0.3 is 5.97 Å². The number of methoxy groups -OCH3 is 2. The van der Waals surface area contributed by atoms with E-state index in [2.05, 4.69) is 35.0 Å². The topological polar surface area (TPSA) is 55.8 Å². The number of allylic oxidation sites excluding steroid dienone is 3. The Hall–Kier alpha value is -0.650. The summed E-state index contributed by atoms with van der Waals surface area (Å²) in [5.74, 6) is -0.372.